The largest absolute Gasteiger partial charge is 0.494 e. The van der Waals surface area contributed by atoms with Crippen molar-refractivity contribution >= 4 is 18.5 Å². The van der Waals surface area contributed by atoms with E-state index in [-0.39, 0.29) is 13.2 Å². The fourth-order valence-corrected chi connectivity index (χ4v) is 3.42. The molecule has 0 saturated carbocycles. The van der Waals surface area contributed by atoms with Crippen molar-refractivity contribution in [3.05, 3.63) is 47.7 Å². The number of aromatic nitrogens is 1. The van der Waals surface area contributed by atoms with Gasteiger partial charge in [0, 0.05) is 17.3 Å². The van der Waals surface area contributed by atoms with E-state index in [4.69, 9.17) is 19.8 Å². The third kappa shape index (κ3) is 3.35. The Balaban J connectivity index is 1.76. The minimum absolute atomic E-state index is 0.00703. The number of carbonyl (C=O) groups excluding carboxylic acids is 1. The number of hydrogen-bond donors (Lipinski definition) is 1. The summed E-state index contributed by atoms with van der Waals surface area (Å²) >= 11 is 0. The van der Waals surface area contributed by atoms with Crippen LogP contribution in [0.5, 0.6) is 0 Å². The smallest absolute Gasteiger partial charge is 0.399 e. The summed E-state index contributed by atoms with van der Waals surface area (Å²) in [4.78, 5) is 16.4. The Bertz CT molecular complexity index is 959. The van der Waals surface area contributed by atoms with Gasteiger partial charge in [-0.1, -0.05) is 12.1 Å². The van der Waals surface area contributed by atoms with Gasteiger partial charge in [0.15, 0.2) is 5.67 Å². The van der Waals surface area contributed by atoms with E-state index in [1.54, 1.807) is 30.3 Å². The second-order valence-corrected chi connectivity index (χ2v) is 8.65. The highest BCUT2D eigenvalue weighted by Crippen LogP contribution is 2.38. The van der Waals surface area contributed by atoms with Crippen molar-refractivity contribution in [1.29, 1.82) is 0 Å². The molecule has 2 aliphatic heterocycles. The lowest BCUT2D eigenvalue weighted by molar-refractivity contribution is -0.135. The number of nitrogens with zero attached hydrogens (tertiary/aromatic N) is 1. The first kappa shape index (κ1) is 20.0. The van der Waals surface area contributed by atoms with Gasteiger partial charge in [-0.2, -0.15) is 0 Å². The van der Waals surface area contributed by atoms with E-state index >= 15 is 0 Å². The van der Waals surface area contributed by atoms with Gasteiger partial charge in [0.05, 0.1) is 30.1 Å². The van der Waals surface area contributed by atoms with E-state index in [1.165, 1.54) is 6.20 Å². The van der Waals surface area contributed by atoms with Gasteiger partial charge in [-0.05, 0) is 56.9 Å². The topological polar surface area (TPSA) is 83.7 Å². The Hall–Kier alpha value is -2.29. The number of rotatable bonds is 4. The van der Waals surface area contributed by atoms with Crippen LogP contribution in [0, 0.1) is 0 Å². The first-order valence-corrected chi connectivity index (χ1v) is 9.55. The second kappa shape index (κ2) is 6.62. The summed E-state index contributed by atoms with van der Waals surface area (Å²) in [5, 5.41) is 0. The third-order valence-corrected chi connectivity index (χ3v) is 6.05. The summed E-state index contributed by atoms with van der Waals surface area (Å²) in [5.41, 5.74) is 5.51. The van der Waals surface area contributed by atoms with Crippen molar-refractivity contribution in [2.45, 2.75) is 44.6 Å². The standard InChI is InChI=1S/C21H24BFN2O4/c1-19(2)20(3,4)29-22(28-19)14-5-6-15(18(24)26)16(10-14)17-9-13(7-8-25-17)21(23)11-27-12-21/h5-10H,11-12H2,1-4H3,(H2,24,26). The predicted octanol–water partition coefficient (Wildman–Crippen LogP) is 2.34. The van der Waals surface area contributed by atoms with E-state index in [0.29, 0.717) is 22.4 Å². The molecule has 1 aromatic heterocycles. The van der Waals surface area contributed by atoms with Gasteiger partial charge >= 0.3 is 7.12 Å². The quantitative estimate of drug-likeness (QED) is 0.800. The van der Waals surface area contributed by atoms with Crippen molar-refractivity contribution in [1.82, 2.24) is 4.98 Å². The van der Waals surface area contributed by atoms with Crippen molar-refractivity contribution in [3.63, 3.8) is 0 Å². The lowest BCUT2D eigenvalue weighted by Gasteiger charge is -2.34. The molecule has 4 rings (SSSR count). The van der Waals surface area contributed by atoms with Crippen LogP contribution in [-0.2, 0) is 19.7 Å². The Labute approximate surface area is 169 Å². The molecule has 0 bridgehead atoms. The van der Waals surface area contributed by atoms with Crippen LogP contribution in [0.3, 0.4) is 0 Å². The third-order valence-electron chi connectivity index (χ3n) is 6.05. The van der Waals surface area contributed by atoms with Crippen molar-refractivity contribution in [3.8, 4) is 11.3 Å². The van der Waals surface area contributed by atoms with Gasteiger partial charge in [0.1, 0.15) is 0 Å². The summed E-state index contributed by atoms with van der Waals surface area (Å²) in [6.07, 6.45) is 1.52. The molecule has 0 spiro atoms. The van der Waals surface area contributed by atoms with Crippen LogP contribution in [0.25, 0.3) is 11.3 Å². The molecule has 6 nitrogen and oxygen atoms in total. The summed E-state index contributed by atoms with van der Waals surface area (Å²) < 4.78 is 32.0. The molecule has 29 heavy (non-hydrogen) atoms. The Morgan fingerprint density at radius 2 is 1.76 bits per heavy atom. The van der Waals surface area contributed by atoms with Gasteiger partial charge in [-0.25, -0.2) is 4.39 Å². The molecule has 2 fully saturated rings. The van der Waals surface area contributed by atoms with Crippen molar-refractivity contribution in [2.24, 2.45) is 5.73 Å². The van der Waals surface area contributed by atoms with Gasteiger partial charge in [0.25, 0.3) is 0 Å². The Morgan fingerprint density at radius 3 is 2.31 bits per heavy atom. The molecule has 8 heteroatoms. The summed E-state index contributed by atoms with van der Waals surface area (Å²) in [6.45, 7) is 7.90. The zero-order chi connectivity index (χ0) is 21.0. The Kier molecular flexibility index (Phi) is 4.57. The van der Waals surface area contributed by atoms with E-state index in [0.717, 1.165) is 5.46 Å². The highest BCUT2D eigenvalue weighted by molar-refractivity contribution is 6.62. The minimum atomic E-state index is -1.53. The van der Waals surface area contributed by atoms with Crippen molar-refractivity contribution in [2.75, 3.05) is 13.2 Å². The fourth-order valence-electron chi connectivity index (χ4n) is 3.42. The molecule has 0 radical (unpaired) electrons. The maximum Gasteiger partial charge on any atom is 0.494 e. The molecule has 2 aromatic rings. The number of amides is 1. The monoisotopic (exact) mass is 398 g/mol. The molecule has 2 saturated heterocycles. The van der Waals surface area contributed by atoms with Crippen LogP contribution in [0.4, 0.5) is 4.39 Å². The molecule has 1 amide bonds. The highest BCUT2D eigenvalue weighted by Gasteiger charge is 2.51. The summed E-state index contributed by atoms with van der Waals surface area (Å²) in [7, 11) is -0.601. The zero-order valence-corrected chi connectivity index (χ0v) is 17.0. The van der Waals surface area contributed by atoms with E-state index in [9.17, 15) is 9.18 Å². The number of hydrogen-bond acceptors (Lipinski definition) is 5. The van der Waals surface area contributed by atoms with Crippen molar-refractivity contribution < 1.29 is 23.2 Å². The highest BCUT2D eigenvalue weighted by atomic mass is 19.1. The Morgan fingerprint density at radius 1 is 1.10 bits per heavy atom. The van der Waals surface area contributed by atoms with Crippen LogP contribution < -0.4 is 11.2 Å². The maximum atomic E-state index is 14.8. The number of benzene rings is 1. The number of carbonyl (C=O) groups is 1. The van der Waals surface area contributed by atoms with Gasteiger partial charge in [-0.15, -0.1) is 0 Å². The summed E-state index contributed by atoms with van der Waals surface area (Å²) in [6, 6.07) is 8.42. The van der Waals surface area contributed by atoms with Crippen LogP contribution >= 0.6 is 0 Å². The molecular formula is C21H24BFN2O4. The zero-order valence-electron chi connectivity index (χ0n) is 17.0. The van der Waals surface area contributed by atoms with E-state index in [2.05, 4.69) is 4.98 Å². The lowest BCUT2D eigenvalue weighted by atomic mass is 9.77. The molecule has 1 aromatic carbocycles. The minimum Gasteiger partial charge on any atom is -0.399 e. The molecule has 3 heterocycles. The molecule has 2 N–H and O–H groups in total. The molecule has 0 unspecified atom stereocenters. The average molecular weight is 398 g/mol. The first-order valence-electron chi connectivity index (χ1n) is 9.55. The average Bonchev–Trinajstić information content (AvgIpc) is 2.86. The second-order valence-electron chi connectivity index (χ2n) is 8.65. The van der Waals surface area contributed by atoms with Crippen LogP contribution in [0.1, 0.15) is 43.6 Å². The van der Waals surface area contributed by atoms with E-state index < -0.39 is 29.9 Å². The predicted molar refractivity (Wildman–Crippen MR) is 108 cm³/mol. The number of primary amides is 1. The van der Waals surface area contributed by atoms with Crippen LogP contribution in [0.2, 0.25) is 0 Å². The number of halogens is 1. The number of ether oxygens (including phenoxy) is 1. The van der Waals surface area contributed by atoms with Crippen LogP contribution in [-0.4, -0.2) is 42.4 Å². The van der Waals surface area contributed by atoms with Gasteiger partial charge in [0.2, 0.25) is 5.91 Å². The summed E-state index contributed by atoms with van der Waals surface area (Å²) in [5.74, 6) is -0.588. The normalized spacial score (nSPS) is 21.6. The fraction of sp³-hybridized carbons (Fsp3) is 0.429. The molecule has 2 aliphatic rings. The molecule has 152 valence electrons. The lowest BCUT2D eigenvalue weighted by Crippen LogP contribution is -2.42. The molecular weight excluding hydrogens is 374 g/mol. The van der Waals surface area contributed by atoms with Gasteiger partial charge < -0.3 is 19.8 Å². The SMILES string of the molecule is CC1(C)OB(c2ccc(C(N)=O)c(-c3cc(C4(F)COC4)ccn3)c2)OC1(C)C. The van der Waals surface area contributed by atoms with Gasteiger partial charge in [-0.3, -0.25) is 9.78 Å². The maximum absolute atomic E-state index is 14.8. The number of alkyl halides is 1. The number of nitrogens with two attached hydrogens (primary N) is 1. The molecule has 0 atom stereocenters. The first-order chi connectivity index (χ1) is 13.5. The van der Waals surface area contributed by atoms with E-state index in [1.807, 2.05) is 27.7 Å². The van der Waals surface area contributed by atoms with Crippen LogP contribution in [0.15, 0.2) is 36.5 Å². The number of pyridine rings is 1. The molecule has 0 aliphatic carbocycles.